The van der Waals surface area contributed by atoms with Gasteiger partial charge in [0.1, 0.15) is 18.3 Å². The minimum Gasteiger partial charge on any atom is -0.433 e. The Balaban J connectivity index is 1.47. The summed E-state index contributed by atoms with van der Waals surface area (Å²) < 4.78 is 30.0. The highest BCUT2D eigenvalue weighted by Gasteiger charge is 2.48. The van der Waals surface area contributed by atoms with E-state index < -0.39 is 30.6 Å². The number of rotatable bonds is 11. The number of carbonyl (C=O) groups excluding carboxylic acids is 1. The molecule has 0 bridgehead atoms. The molecule has 0 unspecified atom stereocenters. The summed E-state index contributed by atoms with van der Waals surface area (Å²) in [7, 11) is 0. The summed E-state index contributed by atoms with van der Waals surface area (Å²) in [6.45, 7) is 2.80. The summed E-state index contributed by atoms with van der Waals surface area (Å²) in [5.74, 6) is -0.439. The number of hydrogen-bond acceptors (Lipinski definition) is 6. The first kappa shape index (κ1) is 24.1. The van der Waals surface area contributed by atoms with Crippen molar-refractivity contribution in [2.45, 2.75) is 51.3 Å². The fraction of sp³-hybridized carbons (Fsp3) is 0.321. The van der Waals surface area contributed by atoms with Crippen LogP contribution in [0.2, 0.25) is 0 Å². The molecule has 34 heavy (non-hydrogen) atoms. The molecule has 1 heterocycles. The molecule has 3 aromatic carbocycles. The molecule has 1 aliphatic rings. The first-order chi connectivity index (χ1) is 16.7. The molecule has 1 aliphatic heterocycles. The zero-order chi connectivity index (χ0) is 23.6. The topological polar surface area (TPSA) is 63.2 Å². The van der Waals surface area contributed by atoms with Gasteiger partial charge in [0, 0.05) is 6.92 Å². The van der Waals surface area contributed by atoms with E-state index in [1.165, 1.54) is 6.92 Å². The van der Waals surface area contributed by atoms with Gasteiger partial charge in [0.05, 0.1) is 26.4 Å². The molecular formula is C28H30O6. The maximum atomic E-state index is 11.8. The Hall–Kier alpha value is -3.03. The maximum Gasteiger partial charge on any atom is 0.305 e. The quantitative estimate of drug-likeness (QED) is 0.386. The molecule has 0 N–H and O–H groups in total. The van der Waals surface area contributed by atoms with E-state index in [4.69, 9.17) is 23.7 Å². The first-order valence-corrected chi connectivity index (χ1v) is 11.4. The Morgan fingerprint density at radius 2 is 1.18 bits per heavy atom. The lowest BCUT2D eigenvalue weighted by atomic mass is 10.1. The summed E-state index contributed by atoms with van der Waals surface area (Å²) in [6, 6.07) is 29.7. The van der Waals surface area contributed by atoms with Crippen LogP contribution in [0.1, 0.15) is 23.6 Å². The van der Waals surface area contributed by atoms with Crippen molar-refractivity contribution in [3.05, 3.63) is 108 Å². The van der Waals surface area contributed by atoms with Gasteiger partial charge in [-0.2, -0.15) is 0 Å². The Labute approximate surface area is 200 Å². The van der Waals surface area contributed by atoms with Crippen molar-refractivity contribution in [1.82, 2.24) is 0 Å². The highest BCUT2D eigenvalue weighted by molar-refractivity contribution is 5.66. The molecule has 6 nitrogen and oxygen atoms in total. The molecule has 1 fully saturated rings. The van der Waals surface area contributed by atoms with Crippen molar-refractivity contribution >= 4 is 5.97 Å². The standard InChI is InChI=1S/C28H30O6/c1-21(29)33-28-27(32-19-24-15-9-4-10-16-24)26(31-18-23-13-7-3-8-14-23)25(34-28)20-30-17-22-11-5-2-6-12-22/h2-16,25-28H,17-20H2,1H3/t25-,26-,27-,28-/m1/s1. The van der Waals surface area contributed by atoms with E-state index in [1.807, 2.05) is 91.0 Å². The normalized spacial score (nSPS) is 21.9. The third kappa shape index (κ3) is 6.98. The van der Waals surface area contributed by atoms with Crippen LogP contribution in [-0.2, 0) is 48.3 Å². The third-order valence-corrected chi connectivity index (χ3v) is 5.51. The van der Waals surface area contributed by atoms with Gasteiger partial charge >= 0.3 is 5.97 Å². The highest BCUT2D eigenvalue weighted by atomic mass is 16.7. The fourth-order valence-electron chi connectivity index (χ4n) is 3.86. The van der Waals surface area contributed by atoms with E-state index in [1.54, 1.807) is 0 Å². The molecule has 3 aromatic rings. The zero-order valence-electron chi connectivity index (χ0n) is 19.2. The van der Waals surface area contributed by atoms with Crippen LogP contribution >= 0.6 is 0 Å². The van der Waals surface area contributed by atoms with Gasteiger partial charge in [0.2, 0.25) is 6.29 Å². The average molecular weight is 463 g/mol. The van der Waals surface area contributed by atoms with Gasteiger partial charge < -0.3 is 23.7 Å². The van der Waals surface area contributed by atoms with Crippen LogP contribution < -0.4 is 0 Å². The van der Waals surface area contributed by atoms with E-state index in [2.05, 4.69) is 0 Å². The number of esters is 1. The third-order valence-electron chi connectivity index (χ3n) is 5.51. The van der Waals surface area contributed by atoms with Crippen molar-refractivity contribution in [1.29, 1.82) is 0 Å². The summed E-state index contributed by atoms with van der Waals surface area (Å²) in [6.07, 6.45) is -2.42. The first-order valence-electron chi connectivity index (χ1n) is 11.4. The van der Waals surface area contributed by atoms with Gasteiger partial charge in [0.25, 0.3) is 0 Å². The van der Waals surface area contributed by atoms with Gasteiger partial charge in [-0.05, 0) is 16.7 Å². The second-order valence-electron chi connectivity index (χ2n) is 8.18. The molecule has 0 amide bonds. The lowest BCUT2D eigenvalue weighted by Gasteiger charge is -2.24. The smallest absolute Gasteiger partial charge is 0.305 e. The Morgan fingerprint density at radius 1 is 0.706 bits per heavy atom. The fourth-order valence-corrected chi connectivity index (χ4v) is 3.86. The van der Waals surface area contributed by atoms with E-state index >= 15 is 0 Å². The molecular weight excluding hydrogens is 432 g/mol. The van der Waals surface area contributed by atoms with Crippen LogP contribution in [0.4, 0.5) is 0 Å². The van der Waals surface area contributed by atoms with Gasteiger partial charge in [-0.15, -0.1) is 0 Å². The molecule has 0 aromatic heterocycles. The van der Waals surface area contributed by atoms with E-state index in [0.29, 0.717) is 19.8 Å². The number of carbonyl (C=O) groups is 1. The summed E-state index contributed by atoms with van der Waals surface area (Å²) in [4.78, 5) is 11.8. The van der Waals surface area contributed by atoms with Crippen LogP contribution in [0.5, 0.6) is 0 Å². The van der Waals surface area contributed by atoms with Crippen LogP contribution in [0, 0.1) is 0 Å². The predicted octanol–water partition coefficient (Wildman–Crippen LogP) is 4.66. The molecule has 0 saturated carbocycles. The second-order valence-corrected chi connectivity index (χ2v) is 8.18. The lowest BCUT2D eigenvalue weighted by Crippen LogP contribution is -2.40. The summed E-state index contributed by atoms with van der Waals surface area (Å²) in [5.41, 5.74) is 3.11. The molecule has 178 valence electrons. The number of ether oxygens (including phenoxy) is 5. The Morgan fingerprint density at radius 3 is 1.68 bits per heavy atom. The van der Waals surface area contributed by atoms with Crippen molar-refractivity contribution in [2.24, 2.45) is 0 Å². The largest absolute Gasteiger partial charge is 0.433 e. The molecule has 0 spiro atoms. The van der Waals surface area contributed by atoms with Crippen molar-refractivity contribution < 1.29 is 28.5 Å². The second kappa shape index (κ2) is 12.4. The van der Waals surface area contributed by atoms with Crippen molar-refractivity contribution in [2.75, 3.05) is 6.61 Å². The van der Waals surface area contributed by atoms with E-state index in [-0.39, 0.29) is 6.61 Å². The predicted molar refractivity (Wildman–Crippen MR) is 127 cm³/mol. The van der Waals surface area contributed by atoms with Crippen molar-refractivity contribution in [3.8, 4) is 0 Å². The van der Waals surface area contributed by atoms with Crippen LogP contribution in [0.3, 0.4) is 0 Å². The Kier molecular flexibility index (Phi) is 8.82. The maximum absolute atomic E-state index is 11.8. The minimum absolute atomic E-state index is 0.275. The minimum atomic E-state index is -0.882. The molecule has 0 aliphatic carbocycles. The van der Waals surface area contributed by atoms with E-state index in [0.717, 1.165) is 16.7 Å². The highest BCUT2D eigenvalue weighted by Crippen LogP contribution is 2.30. The van der Waals surface area contributed by atoms with Gasteiger partial charge in [-0.25, -0.2) is 0 Å². The van der Waals surface area contributed by atoms with Gasteiger partial charge in [0.15, 0.2) is 0 Å². The lowest BCUT2D eigenvalue weighted by molar-refractivity contribution is -0.195. The van der Waals surface area contributed by atoms with Gasteiger partial charge in [-0.3, -0.25) is 4.79 Å². The van der Waals surface area contributed by atoms with E-state index in [9.17, 15) is 4.79 Å². The average Bonchev–Trinajstić information content (AvgIpc) is 3.18. The van der Waals surface area contributed by atoms with Crippen LogP contribution in [0.25, 0.3) is 0 Å². The summed E-state index contributed by atoms with van der Waals surface area (Å²) >= 11 is 0. The van der Waals surface area contributed by atoms with Crippen LogP contribution in [0.15, 0.2) is 91.0 Å². The van der Waals surface area contributed by atoms with Crippen LogP contribution in [-0.4, -0.2) is 37.2 Å². The molecule has 1 saturated heterocycles. The number of hydrogen-bond donors (Lipinski definition) is 0. The molecule has 4 rings (SSSR count). The number of benzene rings is 3. The monoisotopic (exact) mass is 462 g/mol. The zero-order valence-corrected chi connectivity index (χ0v) is 19.2. The summed E-state index contributed by atoms with van der Waals surface area (Å²) in [5, 5.41) is 0. The SMILES string of the molecule is CC(=O)O[C@@H]1O[C@H](COCc2ccccc2)[C@@H](OCc2ccccc2)[C@H]1OCc1ccccc1. The molecule has 0 radical (unpaired) electrons. The van der Waals surface area contributed by atoms with Crippen molar-refractivity contribution in [3.63, 3.8) is 0 Å². The Bertz CT molecular complexity index is 995. The van der Waals surface area contributed by atoms with Gasteiger partial charge in [-0.1, -0.05) is 91.0 Å². The molecule has 4 atom stereocenters. The molecule has 6 heteroatoms.